The highest BCUT2D eigenvalue weighted by Crippen LogP contribution is 2.21. The van der Waals surface area contributed by atoms with Crippen molar-refractivity contribution >= 4 is 23.2 Å². The Kier molecular flexibility index (Phi) is 7.43. The molecule has 158 valence electrons. The SMILES string of the molecule is CCN(CC)CCOc1ccc(NC(=O)c2nc(C)n(-c3ccccc3Cl)n2)cc1. The number of likely N-dealkylation sites (N-methyl/N-ethyl adjacent to an activating group) is 1. The van der Waals surface area contributed by atoms with Gasteiger partial charge in [0.25, 0.3) is 5.91 Å². The molecule has 0 saturated carbocycles. The van der Waals surface area contributed by atoms with Crippen LogP contribution in [0.1, 0.15) is 30.3 Å². The molecule has 0 aliphatic carbocycles. The summed E-state index contributed by atoms with van der Waals surface area (Å²) in [6, 6.07) is 14.5. The summed E-state index contributed by atoms with van der Waals surface area (Å²) < 4.78 is 7.33. The maximum atomic E-state index is 12.6. The Hall–Kier alpha value is -2.90. The Bertz CT molecular complexity index is 983. The van der Waals surface area contributed by atoms with E-state index in [1.54, 1.807) is 29.8 Å². The predicted octanol–water partition coefficient (Wildman–Crippen LogP) is 4.20. The molecule has 0 unspecified atom stereocenters. The predicted molar refractivity (Wildman–Crippen MR) is 119 cm³/mol. The van der Waals surface area contributed by atoms with Crippen molar-refractivity contribution in [2.75, 3.05) is 31.6 Å². The highest BCUT2D eigenvalue weighted by atomic mass is 35.5. The van der Waals surface area contributed by atoms with Crippen LogP contribution in [0.15, 0.2) is 48.5 Å². The minimum absolute atomic E-state index is 0.0759. The maximum absolute atomic E-state index is 12.6. The lowest BCUT2D eigenvalue weighted by atomic mass is 10.3. The third-order valence-corrected chi connectivity index (χ3v) is 5.06. The zero-order valence-electron chi connectivity index (χ0n) is 17.4. The molecule has 3 aromatic rings. The first kappa shape index (κ1) is 21.8. The molecular formula is C22H26ClN5O2. The summed E-state index contributed by atoms with van der Waals surface area (Å²) in [6.07, 6.45) is 0. The van der Waals surface area contributed by atoms with Gasteiger partial charge in [0.2, 0.25) is 5.82 Å². The number of ether oxygens (including phenoxy) is 1. The van der Waals surface area contributed by atoms with Gasteiger partial charge in [0.1, 0.15) is 18.2 Å². The summed E-state index contributed by atoms with van der Waals surface area (Å²) >= 11 is 6.23. The summed E-state index contributed by atoms with van der Waals surface area (Å²) in [5, 5.41) is 7.65. The van der Waals surface area contributed by atoms with Crippen molar-refractivity contribution in [1.82, 2.24) is 19.7 Å². The van der Waals surface area contributed by atoms with E-state index in [4.69, 9.17) is 16.3 Å². The minimum Gasteiger partial charge on any atom is -0.492 e. The first-order valence-electron chi connectivity index (χ1n) is 9.97. The number of carbonyl (C=O) groups excluding carboxylic acids is 1. The fraction of sp³-hybridized carbons (Fsp3) is 0.318. The third kappa shape index (κ3) is 5.37. The fourth-order valence-corrected chi connectivity index (χ4v) is 3.21. The van der Waals surface area contributed by atoms with Gasteiger partial charge in [0.05, 0.1) is 10.7 Å². The van der Waals surface area contributed by atoms with Crippen LogP contribution >= 0.6 is 11.6 Å². The number of nitrogens with zero attached hydrogens (tertiary/aromatic N) is 4. The van der Waals surface area contributed by atoms with Crippen LogP contribution < -0.4 is 10.1 Å². The molecule has 0 aliphatic rings. The van der Waals surface area contributed by atoms with Gasteiger partial charge in [-0.15, -0.1) is 5.10 Å². The summed E-state index contributed by atoms with van der Waals surface area (Å²) in [5.41, 5.74) is 1.32. The molecule has 0 spiro atoms. The highest BCUT2D eigenvalue weighted by molar-refractivity contribution is 6.32. The number of aryl methyl sites for hydroxylation is 1. The van der Waals surface area contributed by atoms with Crippen molar-refractivity contribution in [2.45, 2.75) is 20.8 Å². The molecule has 0 bridgehead atoms. The van der Waals surface area contributed by atoms with Crippen LogP contribution in [-0.4, -0.2) is 51.8 Å². The summed E-state index contributed by atoms with van der Waals surface area (Å²) in [7, 11) is 0. The van der Waals surface area contributed by atoms with E-state index < -0.39 is 0 Å². The van der Waals surface area contributed by atoms with Crippen LogP contribution in [0.3, 0.4) is 0 Å². The van der Waals surface area contributed by atoms with Crippen LogP contribution in [0.4, 0.5) is 5.69 Å². The zero-order chi connectivity index (χ0) is 21.5. The lowest BCUT2D eigenvalue weighted by Gasteiger charge is -2.18. The zero-order valence-corrected chi connectivity index (χ0v) is 18.2. The molecular weight excluding hydrogens is 402 g/mol. The number of rotatable bonds is 9. The molecule has 8 heteroatoms. The number of carbonyl (C=O) groups is 1. The second kappa shape index (κ2) is 10.2. The summed E-state index contributed by atoms with van der Waals surface area (Å²) in [6.45, 7) is 9.55. The number of hydrogen-bond acceptors (Lipinski definition) is 5. The molecule has 1 N–H and O–H groups in total. The monoisotopic (exact) mass is 427 g/mol. The molecule has 0 saturated heterocycles. The molecule has 1 amide bonds. The van der Waals surface area contributed by atoms with E-state index in [2.05, 4.69) is 34.1 Å². The van der Waals surface area contributed by atoms with E-state index in [1.165, 1.54) is 0 Å². The van der Waals surface area contributed by atoms with Gasteiger partial charge in [-0.05, 0) is 56.4 Å². The van der Waals surface area contributed by atoms with Crippen molar-refractivity contribution in [3.63, 3.8) is 0 Å². The normalized spacial score (nSPS) is 11.0. The molecule has 1 heterocycles. The Labute approximate surface area is 181 Å². The molecule has 3 rings (SSSR count). The molecule has 0 radical (unpaired) electrons. The fourth-order valence-electron chi connectivity index (χ4n) is 2.99. The molecule has 1 aromatic heterocycles. The van der Waals surface area contributed by atoms with E-state index in [0.29, 0.717) is 28.8 Å². The first-order chi connectivity index (χ1) is 14.5. The van der Waals surface area contributed by atoms with Crippen LogP contribution in [0.25, 0.3) is 5.69 Å². The average molecular weight is 428 g/mol. The lowest BCUT2D eigenvalue weighted by molar-refractivity contribution is 0.101. The van der Waals surface area contributed by atoms with E-state index in [1.807, 2.05) is 30.3 Å². The molecule has 0 atom stereocenters. The number of aromatic nitrogens is 3. The smallest absolute Gasteiger partial charge is 0.295 e. The van der Waals surface area contributed by atoms with Crippen LogP contribution in [0, 0.1) is 6.92 Å². The van der Waals surface area contributed by atoms with Gasteiger partial charge in [0, 0.05) is 12.2 Å². The second-order valence-corrected chi connectivity index (χ2v) is 7.11. The van der Waals surface area contributed by atoms with Crippen LogP contribution in [-0.2, 0) is 0 Å². The van der Waals surface area contributed by atoms with Gasteiger partial charge >= 0.3 is 0 Å². The van der Waals surface area contributed by atoms with E-state index in [-0.39, 0.29) is 11.7 Å². The van der Waals surface area contributed by atoms with Crippen molar-refractivity contribution in [1.29, 1.82) is 0 Å². The lowest BCUT2D eigenvalue weighted by Crippen LogP contribution is -2.27. The van der Waals surface area contributed by atoms with Crippen LogP contribution in [0.2, 0.25) is 5.02 Å². The standard InChI is InChI=1S/C22H26ClN5O2/c1-4-27(5-2)14-15-30-18-12-10-17(11-13-18)25-22(29)21-24-16(3)28(26-21)20-9-7-6-8-19(20)23/h6-13H,4-5,14-15H2,1-3H3,(H,25,29). The summed E-state index contributed by atoms with van der Waals surface area (Å²) in [5.74, 6) is 1.02. The molecule has 7 nitrogen and oxygen atoms in total. The van der Waals surface area contributed by atoms with Crippen molar-refractivity contribution in [3.05, 3.63) is 65.2 Å². The van der Waals surface area contributed by atoms with E-state index in [0.717, 1.165) is 25.4 Å². The number of halogens is 1. The first-order valence-corrected chi connectivity index (χ1v) is 10.3. The van der Waals surface area contributed by atoms with Gasteiger partial charge < -0.3 is 15.0 Å². The van der Waals surface area contributed by atoms with Crippen molar-refractivity contribution < 1.29 is 9.53 Å². The second-order valence-electron chi connectivity index (χ2n) is 6.70. The molecule has 30 heavy (non-hydrogen) atoms. The maximum Gasteiger partial charge on any atom is 0.295 e. The minimum atomic E-state index is -0.390. The average Bonchev–Trinajstić information content (AvgIpc) is 3.14. The topological polar surface area (TPSA) is 72.3 Å². The van der Waals surface area contributed by atoms with Gasteiger partial charge in [-0.3, -0.25) is 4.79 Å². The third-order valence-electron chi connectivity index (χ3n) is 4.74. The number of hydrogen-bond donors (Lipinski definition) is 1. The summed E-state index contributed by atoms with van der Waals surface area (Å²) in [4.78, 5) is 19.1. The van der Waals surface area contributed by atoms with Gasteiger partial charge in [-0.25, -0.2) is 9.67 Å². The van der Waals surface area contributed by atoms with E-state index >= 15 is 0 Å². The Balaban J connectivity index is 1.61. The quantitative estimate of drug-likeness (QED) is 0.554. The Morgan fingerprint density at radius 3 is 2.50 bits per heavy atom. The van der Waals surface area contributed by atoms with Gasteiger partial charge in [0.15, 0.2) is 0 Å². The van der Waals surface area contributed by atoms with Gasteiger partial charge in [-0.2, -0.15) is 0 Å². The van der Waals surface area contributed by atoms with Crippen molar-refractivity contribution in [2.24, 2.45) is 0 Å². The van der Waals surface area contributed by atoms with Crippen LogP contribution in [0.5, 0.6) is 5.75 Å². The highest BCUT2D eigenvalue weighted by Gasteiger charge is 2.16. The number of para-hydroxylation sites is 1. The van der Waals surface area contributed by atoms with E-state index in [9.17, 15) is 4.79 Å². The van der Waals surface area contributed by atoms with Crippen molar-refractivity contribution in [3.8, 4) is 11.4 Å². The Morgan fingerprint density at radius 2 is 1.83 bits per heavy atom. The molecule has 0 aliphatic heterocycles. The Morgan fingerprint density at radius 1 is 1.13 bits per heavy atom. The largest absolute Gasteiger partial charge is 0.492 e. The molecule has 2 aromatic carbocycles. The molecule has 0 fully saturated rings. The number of amides is 1. The van der Waals surface area contributed by atoms with Gasteiger partial charge in [-0.1, -0.05) is 37.6 Å². The number of anilines is 1. The number of benzene rings is 2. The number of nitrogens with one attached hydrogen (secondary N) is 1.